The van der Waals surface area contributed by atoms with E-state index in [-0.39, 0.29) is 5.69 Å². The predicted molar refractivity (Wildman–Crippen MR) is 111 cm³/mol. The maximum absolute atomic E-state index is 12.5. The average molecular weight is 377 g/mol. The van der Waals surface area contributed by atoms with E-state index in [0.717, 1.165) is 62.3 Å². The van der Waals surface area contributed by atoms with Gasteiger partial charge in [0.25, 0.3) is 0 Å². The number of hydrogen-bond acceptors (Lipinski definition) is 3. The Bertz CT molecular complexity index is 1010. The van der Waals surface area contributed by atoms with Gasteiger partial charge in [0.05, 0.1) is 17.6 Å². The van der Waals surface area contributed by atoms with Crippen LogP contribution in [0.15, 0.2) is 53.3 Å². The molecule has 2 aromatic carbocycles. The van der Waals surface area contributed by atoms with E-state index < -0.39 is 0 Å². The van der Waals surface area contributed by atoms with Crippen molar-refractivity contribution < 1.29 is 4.74 Å². The van der Waals surface area contributed by atoms with Gasteiger partial charge < -0.3 is 14.6 Å². The summed E-state index contributed by atoms with van der Waals surface area (Å²) in [7, 11) is 0. The number of para-hydroxylation sites is 3. The molecular formula is C23H27N3O2. The molecule has 2 aliphatic rings. The normalized spacial score (nSPS) is 20.8. The van der Waals surface area contributed by atoms with Crippen LogP contribution in [0.4, 0.5) is 0 Å². The van der Waals surface area contributed by atoms with Gasteiger partial charge in [0.2, 0.25) is 0 Å². The summed E-state index contributed by atoms with van der Waals surface area (Å²) >= 11 is 0. The van der Waals surface area contributed by atoms with Crippen molar-refractivity contribution in [3.63, 3.8) is 0 Å². The molecule has 1 unspecified atom stereocenters. The first-order valence-electron chi connectivity index (χ1n) is 10.4. The summed E-state index contributed by atoms with van der Waals surface area (Å²) in [5.41, 5.74) is 3.37. The molecule has 1 aromatic heterocycles. The number of ether oxygens (including phenoxy) is 1. The summed E-state index contributed by atoms with van der Waals surface area (Å²) in [5.74, 6) is 1.66. The van der Waals surface area contributed by atoms with Crippen LogP contribution in [0.3, 0.4) is 0 Å². The predicted octanol–water partition coefficient (Wildman–Crippen LogP) is 3.92. The molecule has 0 bridgehead atoms. The fourth-order valence-electron chi connectivity index (χ4n) is 4.89. The van der Waals surface area contributed by atoms with Crippen LogP contribution in [0.2, 0.25) is 0 Å². The summed E-state index contributed by atoms with van der Waals surface area (Å²) < 4.78 is 7.77. The van der Waals surface area contributed by atoms with Gasteiger partial charge in [-0.2, -0.15) is 0 Å². The van der Waals surface area contributed by atoms with E-state index in [1.165, 1.54) is 12.0 Å². The number of nitrogens with zero attached hydrogens (tertiary/aromatic N) is 2. The highest BCUT2D eigenvalue weighted by atomic mass is 16.5. The molecule has 28 heavy (non-hydrogen) atoms. The number of hydrogen-bond donors (Lipinski definition) is 1. The van der Waals surface area contributed by atoms with Crippen LogP contribution in [0.1, 0.15) is 43.2 Å². The maximum atomic E-state index is 12.5. The van der Waals surface area contributed by atoms with Gasteiger partial charge in [-0.15, -0.1) is 0 Å². The van der Waals surface area contributed by atoms with Crippen LogP contribution in [0.25, 0.3) is 11.0 Å². The second-order valence-corrected chi connectivity index (χ2v) is 8.05. The molecule has 3 aromatic rings. The zero-order valence-corrected chi connectivity index (χ0v) is 16.1. The number of aromatic amines is 1. The van der Waals surface area contributed by atoms with E-state index in [4.69, 9.17) is 4.74 Å². The summed E-state index contributed by atoms with van der Waals surface area (Å²) in [6.45, 7) is 4.06. The molecule has 1 atom stereocenters. The molecular weight excluding hydrogens is 350 g/mol. The molecule has 146 valence electrons. The first-order valence-corrected chi connectivity index (χ1v) is 10.4. The van der Waals surface area contributed by atoms with Crippen LogP contribution in [-0.4, -0.2) is 40.7 Å². The van der Waals surface area contributed by atoms with Crippen molar-refractivity contribution in [2.45, 2.75) is 37.6 Å². The zero-order valence-electron chi connectivity index (χ0n) is 16.1. The number of H-pyrrole nitrogens is 1. The number of aromatic nitrogens is 2. The Morgan fingerprint density at radius 3 is 2.68 bits per heavy atom. The van der Waals surface area contributed by atoms with Gasteiger partial charge in [0.1, 0.15) is 5.75 Å². The molecule has 1 saturated heterocycles. The Kier molecular flexibility index (Phi) is 4.69. The quantitative estimate of drug-likeness (QED) is 0.750. The Hall–Kier alpha value is -2.53. The van der Waals surface area contributed by atoms with Crippen LogP contribution >= 0.6 is 0 Å². The van der Waals surface area contributed by atoms with E-state index in [2.05, 4.69) is 34.1 Å². The molecule has 0 aliphatic carbocycles. The third kappa shape index (κ3) is 3.24. The van der Waals surface area contributed by atoms with Gasteiger partial charge in [-0.25, -0.2) is 4.79 Å². The molecule has 0 radical (unpaired) electrons. The summed E-state index contributed by atoms with van der Waals surface area (Å²) in [6, 6.07) is 16.8. The first kappa shape index (κ1) is 17.6. The lowest BCUT2D eigenvalue weighted by Crippen LogP contribution is -2.38. The summed E-state index contributed by atoms with van der Waals surface area (Å²) in [4.78, 5) is 18.0. The first-order chi connectivity index (χ1) is 13.8. The summed E-state index contributed by atoms with van der Waals surface area (Å²) in [6.07, 6.45) is 4.36. The fourth-order valence-corrected chi connectivity index (χ4v) is 4.89. The van der Waals surface area contributed by atoms with Gasteiger partial charge >= 0.3 is 5.69 Å². The molecule has 5 nitrogen and oxygen atoms in total. The molecule has 1 N–H and O–H groups in total. The molecule has 0 saturated carbocycles. The Morgan fingerprint density at radius 2 is 1.79 bits per heavy atom. The Balaban J connectivity index is 1.21. The molecule has 3 heterocycles. The van der Waals surface area contributed by atoms with Crippen molar-refractivity contribution in [3.05, 3.63) is 64.6 Å². The fraction of sp³-hybridized carbons (Fsp3) is 0.435. The zero-order chi connectivity index (χ0) is 18.9. The highest BCUT2D eigenvalue weighted by Gasteiger charge is 2.25. The molecule has 5 heteroatoms. The SMILES string of the molecule is O=c1[nH]c2ccccc2n1C1CCN(CCC2CCOc3ccccc32)CC1. The second kappa shape index (κ2) is 7.47. The molecule has 5 rings (SSSR count). The van der Waals surface area contributed by atoms with Crippen molar-refractivity contribution >= 4 is 11.0 Å². The maximum Gasteiger partial charge on any atom is 0.326 e. The number of benzene rings is 2. The smallest absolute Gasteiger partial charge is 0.326 e. The topological polar surface area (TPSA) is 50.3 Å². The third-order valence-corrected chi connectivity index (χ3v) is 6.42. The number of likely N-dealkylation sites (tertiary alicyclic amines) is 1. The minimum Gasteiger partial charge on any atom is -0.493 e. The van der Waals surface area contributed by atoms with Gasteiger partial charge in [-0.1, -0.05) is 30.3 Å². The average Bonchev–Trinajstić information content (AvgIpc) is 3.08. The van der Waals surface area contributed by atoms with Gasteiger partial charge in [0.15, 0.2) is 0 Å². The largest absolute Gasteiger partial charge is 0.493 e. The molecule has 0 spiro atoms. The minimum atomic E-state index is 0.0264. The van der Waals surface area contributed by atoms with E-state index >= 15 is 0 Å². The van der Waals surface area contributed by atoms with Gasteiger partial charge in [-0.05, 0) is 61.9 Å². The van der Waals surface area contributed by atoms with Crippen LogP contribution in [-0.2, 0) is 0 Å². The van der Waals surface area contributed by atoms with E-state index in [1.54, 1.807) is 0 Å². The van der Waals surface area contributed by atoms with Crippen molar-refractivity contribution in [2.75, 3.05) is 26.2 Å². The number of fused-ring (bicyclic) bond motifs is 2. The van der Waals surface area contributed by atoms with Crippen molar-refractivity contribution in [1.29, 1.82) is 0 Å². The standard InChI is InChI=1S/C23H27N3O2/c27-23-24-20-6-2-3-7-21(20)26(23)18-10-14-25(15-11-18)13-9-17-12-16-28-22-8-4-1-5-19(17)22/h1-8,17-18H,9-16H2,(H,24,27). The second-order valence-electron chi connectivity index (χ2n) is 8.05. The van der Waals surface area contributed by atoms with E-state index in [9.17, 15) is 4.79 Å². The van der Waals surface area contributed by atoms with Gasteiger partial charge in [-0.3, -0.25) is 4.57 Å². The van der Waals surface area contributed by atoms with Crippen molar-refractivity contribution in [2.24, 2.45) is 0 Å². The van der Waals surface area contributed by atoms with Crippen molar-refractivity contribution in [1.82, 2.24) is 14.5 Å². The van der Waals surface area contributed by atoms with Crippen LogP contribution in [0, 0.1) is 0 Å². The minimum absolute atomic E-state index is 0.0264. The lowest BCUT2D eigenvalue weighted by Gasteiger charge is -2.34. The number of piperidine rings is 1. The molecule has 2 aliphatic heterocycles. The lowest BCUT2D eigenvalue weighted by molar-refractivity contribution is 0.175. The highest BCUT2D eigenvalue weighted by molar-refractivity contribution is 5.75. The lowest BCUT2D eigenvalue weighted by atomic mass is 9.90. The Labute approximate surface area is 164 Å². The highest BCUT2D eigenvalue weighted by Crippen LogP contribution is 2.36. The molecule has 0 amide bonds. The Morgan fingerprint density at radius 1 is 1.00 bits per heavy atom. The monoisotopic (exact) mass is 377 g/mol. The molecule has 1 fully saturated rings. The number of rotatable bonds is 4. The van der Waals surface area contributed by atoms with E-state index in [1.807, 2.05) is 28.8 Å². The number of nitrogens with one attached hydrogen (secondary N) is 1. The van der Waals surface area contributed by atoms with Gasteiger partial charge in [0, 0.05) is 19.1 Å². The van der Waals surface area contributed by atoms with Crippen molar-refractivity contribution in [3.8, 4) is 5.75 Å². The number of imidazole rings is 1. The van der Waals surface area contributed by atoms with Crippen LogP contribution in [0.5, 0.6) is 5.75 Å². The van der Waals surface area contributed by atoms with Crippen LogP contribution < -0.4 is 10.4 Å². The van der Waals surface area contributed by atoms with E-state index in [0.29, 0.717) is 12.0 Å². The third-order valence-electron chi connectivity index (χ3n) is 6.42. The summed E-state index contributed by atoms with van der Waals surface area (Å²) in [5, 5.41) is 0.